The number of carbonyl (C=O) groups excluding carboxylic acids is 1. The van der Waals surface area contributed by atoms with Crippen molar-refractivity contribution < 1.29 is 28.3 Å². The molecule has 0 bridgehead atoms. The van der Waals surface area contributed by atoms with Gasteiger partial charge in [-0.1, -0.05) is 6.07 Å². The molecule has 0 aromatic heterocycles. The van der Waals surface area contributed by atoms with Crippen LogP contribution in [0.15, 0.2) is 30.3 Å². The molecule has 9 heteroatoms. The first-order chi connectivity index (χ1) is 14.3. The summed E-state index contributed by atoms with van der Waals surface area (Å²) in [5.74, 6) is 0.397. The topological polar surface area (TPSA) is 91.1 Å². The van der Waals surface area contributed by atoms with E-state index in [2.05, 4.69) is 0 Å². The Balaban J connectivity index is 1.69. The van der Waals surface area contributed by atoms with Crippen LogP contribution in [0.25, 0.3) is 0 Å². The Labute approximate surface area is 173 Å². The molecule has 1 fully saturated rings. The number of para-hydroxylation sites is 1. The van der Waals surface area contributed by atoms with Gasteiger partial charge in [0.1, 0.15) is 11.9 Å². The van der Waals surface area contributed by atoms with Crippen LogP contribution in [0.2, 0.25) is 0 Å². The second-order valence-electron chi connectivity index (χ2n) is 6.96. The van der Waals surface area contributed by atoms with Crippen molar-refractivity contribution in [1.29, 1.82) is 0 Å². The predicted octanol–water partition coefficient (Wildman–Crippen LogP) is 3.74. The van der Waals surface area contributed by atoms with Crippen molar-refractivity contribution in [3.05, 3.63) is 57.4 Å². The monoisotopic (exact) mass is 418 g/mol. The van der Waals surface area contributed by atoms with Crippen LogP contribution in [-0.4, -0.2) is 49.1 Å². The van der Waals surface area contributed by atoms with E-state index in [0.29, 0.717) is 43.2 Å². The summed E-state index contributed by atoms with van der Waals surface area (Å²) in [6.07, 6.45) is 0.926. The Hall–Kier alpha value is -3.36. The summed E-state index contributed by atoms with van der Waals surface area (Å²) in [4.78, 5) is 24.7. The number of hydrogen-bond acceptors (Lipinski definition) is 6. The molecular formula is C21H23FN2O6. The van der Waals surface area contributed by atoms with Gasteiger partial charge in [-0.05, 0) is 25.1 Å². The van der Waals surface area contributed by atoms with Gasteiger partial charge in [-0.2, -0.15) is 0 Å². The van der Waals surface area contributed by atoms with Gasteiger partial charge in [0, 0.05) is 37.6 Å². The van der Waals surface area contributed by atoms with Crippen molar-refractivity contribution in [3.8, 4) is 17.2 Å². The van der Waals surface area contributed by atoms with Crippen LogP contribution in [0, 0.1) is 22.9 Å². The first-order valence-electron chi connectivity index (χ1n) is 9.47. The predicted molar refractivity (Wildman–Crippen MR) is 107 cm³/mol. The summed E-state index contributed by atoms with van der Waals surface area (Å²) in [5, 5.41) is 11.1. The molecule has 0 unspecified atom stereocenters. The standard InChI is InChI=1S/C21H23FN2O6/c1-13-16(22)11-14(12-17(13)24(26)27)21(25)23-9-7-15(8-10-23)30-20-18(28-2)5-4-6-19(20)29-3/h4-6,11-12,15H,7-10H2,1-3H3. The SMILES string of the molecule is COc1cccc(OC)c1OC1CCN(C(=O)c2cc(F)c(C)c([N+](=O)[O-])c2)CC1. The van der Waals surface area contributed by atoms with Crippen molar-refractivity contribution in [2.75, 3.05) is 27.3 Å². The quantitative estimate of drug-likeness (QED) is 0.524. The molecule has 1 amide bonds. The highest BCUT2D eigenvalue weighted by atomic mass is 19.1. The summed E-state index contributed by atoms with van der Waals surface area (Å²) in [6.45, 7) is 2.07. The summed E-state index contributed by atoms with van der Waals surface area (Å²) in [5.41, 5.74) is -0.523. The van der Waals surface area contributed by atoms with Crippen molar-refractivity contribution in [2.45, 2.75) is 25.9 Å². The zero-order chi connectivity index (χ0) is 21.8. The molecule has 0 N–H and O–H groups in total. The van der Waals surface area contributed by atoms with Crippen LogP contribution < -0.4 is 14.2 Å². The number of rotatable bonds is 6. The normalized spacial score (nSPS) is 14.3. The molecule has 2 aromatic rings. The van der Waals surface area contributed by atoms with Gasteiger partial charge in [-0.25, -0.2) is 4.39 Å². The number of halogens is 1. The number of nitrogens with zero attached hydrogens (tertiary/aromatic N) is 2. The lowest BCUT2D eigenvalue weighted by molar-refractivity contribution is -0.385. The highest BCUT2D eigenvalue weighted by Gasteiger charge is 2.28. The molecule has 1 aliphatic heterocycles. The van der Waals surface area contributed by atoms with Gasteiger partial charge in [0.2, 0.25) is 5.75 Å². The lowest BCUT2D eigenvalue weighted by Crippen LogP contribution is -2.41. The summed E-state index contributed by atoms with van der Waals surface area (Å²) in [7, 11) is 3.09. The molecule has 0 saturated carbocycles. The number of nitro groups is 1. The van der Waals surface area contributed by atoms with E-state index in [1.54, 1.807) is 37.3 Å². The maximum atomic E-state index is 14.1. The van der Waals surface area contributed by atoms with Gasteiger partial charge in [0.25, 0.3) is 11.6 Å². The third-order valence-electron chi connectivity index (χ3n) is 5.16. The van der Waals surface area contributed by atoms with Crippen LogP contribution in [0.4, 0.5) is 10.1 Å². The first-order valence-corrected chi connectivity index (χ1v) is 9.47. The van der Waals surface area contributed by atoms with Gasteiger partial charge >= 0.3 is 0 Å². The molecule has 0 radical (unpaired) electrons. The Kier molecular flexibility index (Phi) is 6.39. The molecule has 3 rings (SSSR count). The minimum absolute atomic E-state index is 0.0319. The largest absolute Gasteiger partial charge is 0.493 e. The van der Waals surface area contributed by atoms with Crippen molar-refractivity contribution in [1.82, 2.24) is 4.90 Å². The van der Waals surface area contributed by atoms with Crippen LogP contribution in [0.3, 0.4) is 0 Å². The van der Waals surface area contributed by atoms with E-state index >= 15 is 0 Å². The van der Waals surface area contributed by atoms with Gasteiger partial charge in [-0.3, -0.25) is 14.9 Å². The average Bonchev–Trinajstić information content (AvgIpc) is 2.75. The molecule has 0 atom stereocenters. The fourth-order valence-corrected chi connectivity index (χ4v) is 3.44. The number of piperidine rings is 1. The van der Waals surface area contributed by atoms with Crippen LogP contribution in [-0.2, 0) is 0 Å². The lowest BCUT2D eigenvalue weighted by atomic mass is 10.0. The molecule has 1 saturated heterocycles. The maximum absolute atomic E-state index is 14.1. The third kappa shape index (κ3) is 4.29. The number of methoxy groups -OCH3 is 2. The highest BCUT2D eigenvalue weighted by molar-refractivity contribution is 5.95. The van der Waals surface area contributed by atoms with Crippen molar-refractivity contribution >= 4 is 11.6 Å². The highest BCUT2D eigenvalue weighted by Crippen LogP contribution is 2.38. The molecule has 30 heavy (non-hydrogen) atoms. The zero-order valence-electron chi connectivity index (χ0n) is 17.0. The summed E-state index contributed by atoms with van der Waals surface area (Å²) in [6, 6.07) is 7.52. The fraction of sp³-hybridized carbons (Fsp3) is 0.381. The van der Waals surface area contributed by atoms with E-state index in [1.807, 2.05) is 0 Å². The number of hydrogen-bond donors (Lipinski definition) is 0. The lowest BCUT2D eigenvalue weighted by Gasteiger charge is -2.32. The number of carbonyl (C=O) groups is 1. The second kappa shape index (κ2) is 8.98. The molecule has 0 aliphatic carbocycles. The van der Waals surface area contributed by atoms with Gasteiger partial charge in [0.05, 0.1) is 24.7 Å². The third-order valence-corrected chi connectivity index (χ3v) is 5.16. The Bertz CT molecular complexity index is 935. The molecule has 8 nitrogen and oxygen atoms in total. The molecular weight excluding hydrogens is 395 g/mol. The summed E-state index contributed by atoms with van der Waals surface area (Å²) >= 11 is 0. The van der Waals surface area contributed by atoms with Gasteiger partial charge in [-0.15, -0.1) is 0 Å². The fourth-order valence-electron chi connectivity index (χ4n) is 3.44. The summed E-state index contributed by atoms with van der Waals surface area (Å²) < 4.78 is 30.8. The maximum Gasteiger partial charge on any atom is 0.276 e. The minimum Gasteiger partial charge on any atom is -0.493 e. The van der Waals surface area contributed by atoms with E-state index in [4.69, 9.17) is 14.2 Å². The van der Waals surface area contributed by atoms with Crippen molar-refractivity contribution in [2.24, 2.45) is 0 Å². The number of ether oxygens (including phenoxy) is 3. The van der Waals surface area contributed by atoms with Crippen LogP contribution >= 0.6 is 0 Å². The van der Waals surface area contributed by atoms with Gasteiger partial charge in [0.15, 0.2) is 11.5 Å². The smallest absolute Gasteiger partial charge is 0.276 e. The van der Waals surface area contributed by atoms with Gasteiger partial charge < -0.3 is 19.1 Å². The zero-order valence-corrected chi connectivity index (χ0v) is 17.0. The van der Waals surface area contributed by atoms with E-state index in [9.17, 15) is 19.3 Å². The van der Waals surface area contributed by atoms with E-state index in [0.717, 1.165) is 12.1 Å². The Morgan fingerprint density at radius 2 is 1.77 bits per heavy atom. The van der Waals surface area contributed by atoms with Crippen LogP contribution in [0.1, 0.15) is 28.8 Å². The average molecular weight is 418 g/mol. The number of amides is 1. The minimum atomic E-state index is -0.769. The first kappa shape index (κ1) is 21.4. The van der Waals surface area contributed by atoms with E-state index in [1.165, 1.54) is 6.92 Å². The molecule has 160 valence electrons. The molecule has 1 aliphatic rings. The number of likely N-dealkylation sites (tertiary alicyclic amines) is 1. The Morgan fingerprint density at radius 3 is 2.30 bits per heavy atom. The number of nitro benzene ring substituents is 1. The van der Waals surface area contributed by atoms with Crippen LogP contribution in [0.5, 0.6) is 17.2 Å². The Morgan fingerprint density at radius 1 is 1.17 bits per heavy atom. The van der Waals surface area contributed by atoms with E-state index < -0.39 is 22.3 Å². The van der Waals surface area contributed by atoms with Crippen molar-refractivity contribution in [3.63, 3.8) is 0 Å². The van der Waals surface area contributed by atoms with E-state index in [-0.39, 0.29) is 17.2 Å². The second-order valence-corrected chi connectivity index (χ2v) is 6.96. The number of benzene rings is 2. The molecule has 1 heterocycles. The molecule has 2 aromatic carbocycles. The molecule has 0 spiro atoms.